The Bertz CT molecular complexity index is 834. The zero-order valence-corrected chi connectivity index (χ0v) is 15.1. The predicted molar refractivity (Wildman–Crippen MR) is 98.2 cm³/mol. The molecule has 1 N–H and O–H groups in total. The summed E-state index contributed by atoms with van der Waals surface area (Å²) >= 11 is 5.86. The van der Waals surface area contributed by atoms with Crippen molar-refractivity contribution in [3.63, 3.8) is 0 Å². The van der Waals surface area contributed by atoms with Gasteiger partial charge in [0.15, 0.2) is 5.78 Å². The molecule has 0 heterocycles. The predicted octanol–water partition coefficient (Wildman–Crippen LogP) is 3.46. The molecule has 136 valence electrons. The first-order valence-corrected chi connectivity index (χ1v) is 8.30. The molecular formula is C19H18ClFN2O3. The van der Waals surface area contributed by atoms with Gasteiger partial charge in [0, 0.05) is 31.3 Å². The molecule has 0 unspecified atom stereocenters. The second-order valence-corrected chi connectivity index (χ2v) is 6.04. The molecule has 0 bridgehead atoms. The molecule has 5 nitrogen and oxygen atoms in total. The van der Waals surface area contributed by atoms with Gasteiger partial charge in [0.2, 0.25) is 5.91 Å². The van der Waals surface area contributed by atoms with E-state index in [-0.39, 0.29) is 35.4 Å². The first-order chi connectivity index (χ1) is 12.3. The normalized spacial score (nSPS) is 10.3. The fourth-order valence-corrected chi connectivity index (χ4v) is 2.69. The Morgan fingerprint density at radius 1 is 1.12 bits per heavy atom. The van der Waals surface area contributed by atoms with Crippen molar-refractivity contribution in [1.82, 2.24) is 5.32 Å². The van der Waals surface area contributed by atoms with E-state index in [4.69, 9.17) is 11.6 Å². The van der Waals surface area contributed by atoms with E-state index >= 15 is 0 Å². The molecule has 0 aromatic heterocycles. The second kappa shape index (κ2) is 8.58. The maximum absolute atomic E-state index is 13.8. The summed E-state index contributed by atoms with van der Waals surface area (Å²) < 4.78 is 13.8. The van der Waals surface area contributed by atoms with Crippen LogP contribution in [0.15, 0.2) is 42.5 Å². The van der Waals surface area contributed by atoms with Gasteiger partial charge in [-0.05, 0) is 31.2 Å². The van der Waals surface area contributed by atoms with Crippen LogP contribution >= 0.6 is 11.6 Å². The molecular weight excluding hydrogens is 359 g/mol. The Labute approximate surface area is 155 Å². The number of carbonyl (C=O) groups excluding carboxylic acids is 3. The largest absolute Gasteiger partial charge is 0.350 e. The molecule has 0 atom stereocenters. The maximum Gasteiger partial charge on any atom is 0.255 e. The molecule has 0 saturated heterocycles. The molecule has 0 spiro atoms. The van der Waals surface area contributed by atoms with Gasteiger partial charge in [-0.15, -0.1) is 0 Å². The third kappa shape index (κ3) is 4.67. The first-order valence-electron chi connectivity index (χ1n) is 7.92. The second-order valence-electron chi connectivity index (χ2n) is 5.63. The van der Waals surface area contributed by atoms with Gasteiger partial charge in [0.1, 0.15) is 5.82 Å². The van der Waals surface area contributed by atoms with Crippen molar-refractivity contribution in [3.05, 3.63) is 64.4 Å². The fourth-order valence-electron chi connectivity index (χ4n) is 2.45. The van der Waals surface area contributed by atoms with Gasteiger partial charge in [-0.25, -0.2) is 4.39 Å². The first kappa shape index (κ1) is 19.6. The molecule has 0 saturated carbocycles. The van der Waals surface area contributed by atoms with Crippen LogP contribution in [-0.4, -0.2) is 30.7 Å². The number of nitrogens with zero attached hydrogens (tertiary/aromatic N) is 1. The highest BCUT2D eigenvalue weighted by Gasteiger charge is 2.17. The molecule has 2 aromatic carbocycles. The zero-order valence-electron chi connectivity index (χ0n) is 14.4. The van der Waals surface area contributed by atoms with Crippen LogP contribution in [0.25, 0.3) is 0 Å². The molecule has 7 heteroatoms. The maximum atomic E-state index is 13.8. The minimum Gasteiger partial charge on any atom is -0.350 e. The van der Waals surface area contributed by atoms with E-state index in [0.717, 1.165) is 6.07 Å². The number of carbonyl (C=O) groups is 3. The number of Topliss-reactive ketones (excluding diaryl/α,β-unsaturated/α-hetero) is 1. The number of hydrogen-bond donors (Lipinski definition) is 1. The molecule has 0 fully saturated rings. The van der Waals surface area contributed by atoms with Crippen molar-refractivity contribution in [3.8, 4) is 0 Å². The summed E-state index contributed by atoms with van der Waals surface area (Å²) in [6, 6.07) is 10.6. The van der Waals surface area contributed by atoms with E-state index < -0.39 is 11.7 Å². The van der Waals surface area contributed by atoms with Gasteiger partial charge >= 0.3 is 0 Å². The number of halogens is 2. The summed E-state index contributed by atoms with van der Waals surface area (Å²) in [6.07, 6.45) is 0. The van der Waals surface area contributed by atoms with Crippen LogP contribution in [0.3, 0.4) is 0 Å². The molecule has 0 radical (unpaired) electrons. The van der Waals surface area contributed by atoms with E-state index in [0.29, 0.717) is 11.3 Å². The smallest absolute Gasteiger partial charge is 0.255 e. The van der Waals surface area contributed by atoms with Gasteiger partial charge in [-0.1, -0.05) is 29.8 Å². The summed E-state index contributed by atoms with van der Waals surface area (Å²) in [7, 11) is 0. The summed E-state index contributed by atoms with van der Waals surface area (Å²) in [5.41, 5.74) is 0.793. The van der Waals surface area contributed by atoms with Gasteiger partial charge < -0.3 is 10.2 Å². The Kier molecular flexibility index (Phi) is 6.46. The lowest BCUT2D eigenvalue weighted by molar-refractivity contribution is -0.116. The lowest BCUT2D eigenvalue weighted by atomic mass is 10.1. The Morgan fingerprint density at radius 2 is 1.81 bits per heavy atom. The fraction of sp³-hybridized carbons (Fsp3) is 0.211. The van der Waals surface area contributed by atoms with Crippen LogP contribution in [-0.2, 0) is 4.79 Å². The quantitative estimate of drug-likeness (QED) is 0.785. The third-order valence-corrected chi connectivity index (χ3v) is 4.07. The van der Waals surface area contributed by atoms with E-state index in [1.807, 2.05) is 0 Å². The Hall–Kier alpha value is -2.73. The van der Waals surface area contributed by atoms with Gasteiger partial charge in [0.25, 0.3) is 5.91 Å². The molecule has 2 amide bonds. The minimum atomic E-state index is -0.715. The molecule has 2 aromatic rings. The highest BCUT2D eigenvalue weighted by Crippen LogP contribution is 2.19. The zero-order chi connectivity index (χ0) is 19.3. The van der Waals surface area contributed by atoms with E-state index in [1.54, 1.807) is 24.3 Å². The molecule has 26 heavy (non-hydrogen) atoms. The third-order valence-electron chi connectivity index (χ3n) is 3.76. The highest BCUT2D eigenvalue weighted by molar-refractivity contribution is 6.33. The number of ketones is 1. The van der Waals surface area contributed by atoms with Crippen molar-refractivity contribution < 1.29 is 18.8 Å². The lowest BCUT2D eigenvalue weighted by Crippen LogP contribution is -2.38. The van der Waals surface area contributed by atoms with Crippen LogP contribution in [0, 0.1) is 5.82 Å². The SMILES string of the molecule is CC(=O)c1cccc(N(CCNC(=O)c2c(F)cccc2Cl)C(C)=O)c1. The Morgan fingerprint density at radius 3 is 2.42 bits per heavy atom. The number of amides is 2. The summed E-state index contributed by atoms with van der Waals surface area (Å²) in [5, 5.41) is 2.56. The monoisotopic (exact) mass is 376 g/mol. The van der Waals surface area contributed by atoms with Crippen LogP contribution < -0.4 is 10.2 Å². The van der Waals surface area contributed by atoms with Crippen LogP contribution in [0.2, 0.25) is 5.02 Å². The lowest BCUT2D eigenvalue weighted by Gasteiger charge is -2.22. The topological polar surface area (TPSA) is 66.5 Å². The van der Waals surface area contributed by atoms with Crippen molar-refractivity contribution >= 4 is 34.9 Å². The van der Waals surface area contributed by atoms with Crippen LogP contribution in [0.1, 0.15) is 34.6 Å². The molecule has 0 aliphatic rings. The van der Waals surface area contributed by atoms with Gasteiger partial charge in [-0.3, -0.25) is 14.4 Å². The summed E-state index contributed by atoms with van der Waals surface area (Å²) in [5.74, 6) is -1.73. The average Bonchev–Trinajstić information content (AvgIpc) is 2.58. The van der Waals surface area contributed by atoms with Crippen LogP contribution in [0.4, 0.5) is 10.1 Å². The summed E-state index contributed by atoms with van der Waals surface area (Å²) in [4.78, 5) is 37.0. The van der Waals surface area contributed by atoms with E-state index in [1.165, 1.54) is 30.9 Å². The van der Waals surface area contributed by atoms with Gasteiger partial charge in [0.05, 0.1) is 10.6 Å². The highest BCUT2D eigenvalue weighted by atomic mass is 35.5. The van der Waals surface area contributed by atoms with Crippen molar-refractivity contribution in [2.24, 2.45) is 0 Å². The van der Waals surface area contributed by atoms with Crippen molar-refractivity contribution in [2.75, 3.05) is 18.0 Å². The standard InChI is InChI=1S/C19H18ClFN2O3/c1-12(24)14-5-3-6-15(11-14)23(13(2)25)10-9-22-19(26)18-16(20)7-4-8-17(18)21/h3-8,11H,9-10H2,1-2H3,(H,22,26). The van der Waals surface area contributed by atoms with E-state index in [9.17, 15) is 18.8 Å². The number of nitrogens with one attached hydrogen (secondary N) is 1. The Balaban J connectivity index is 2.08. The minimum absolute atomic E-state index is 0.0140. The number of anilines is 1. The molecule has 2 rings (SSSR count). The van der Waals surface area contributed by atoms with Crippen molar-refractivity contribution in [1.29, 1.82) is 0 Å². The van der Waals surface area contributed by atoms with Crippen LogP contribution in [0.5, 0.6) is 0 Å². The summed E-state index contributed by atoms with van der Waals surface area (Å²) in [6.45, 7) is 3.08. The number of rotatable bonds is 6. The van der Waals surface area contributed by atoms with E-state index in [2.05, 4.69) is 5.32 Å². The number of hydrogen-bond acceptors (Lipinski definition) is 3. The van der Waals surface area contributed by atoms with Crippen molar-refractivity contribution in [2.45, 2.75) is 13.8 Å². The number of benzene rings is 2. The molecule has 0 aliphatic heterocycles. The molecule has 0 aliphatic carbocycles. The average molecular weight is 377 g/mol. The van der Waals surface area contributed by atoms with Gasteiger partial charge in [-0.2, -0.15) is 0 Å².